The Hall–Kier alpha value is -0.870. The van der Waals surface area contributed by atoms with E-state index in [9.17, 15) is 4.79 Å². The zero-order chi connectivity index (χ0) is 13.9. The van der Waals surface area contributed by atoms with Crippen molar-refractivity contribution in [1.82, 2.24) is 4.90 Å². The third-order valence-electron chi connectivity index (χ3n) is 2.91. The van der Waals surface area contributed by atoms with Gasteiger partial charge in [0.05, 0.1) is 6.61 Å². The Morgan fingerprint density at radius 3 is 2.63 bits per heavy atom. The average molecular weight is 328 g/mol. The van der Waals surface area contributed by atoms with Crippen molar-refractivity contribution in [3.05, 3.63) is 35.9 Å². The number of alkyl halides is 1. The lowest BCUT2D eigenvalue weighted by atomic mass is 10.2. The third kappa shape index (κ3) is 6.73. The number of amides is 1. The van der Waals surface area contributed by atoms with Crippen LogP contribution < -0.4 is 0 Å². The van der Waals surface area contributed by atoms with Gasteiger partial charge in [-0.3, -0.25) is 4.79 Å². The molecule has 0 aliphatic rings. The van der Waals surface area contributed by atoms with Gasteiger partial charge in [0.2, 0.25) is 5.91 Å². The van der Waals surface area contributed by atoms with Gasteiger partial charge >= 0.3 is 0 Å². The van der Waals surface area contributed by atoms with Gasteiger partial charge in [0.25, 0.3) is 0 Å². The predicted molar refractivity (Wildman–Crippen MR) is 81.4 cm³/mol. The summed E-state index contributed by atoms with van der Waals surface area (Å²) in [5, 5.41) is 0.955. The van der Waals surface area contributed by atoms with E-state index < -0.39 is 0 Å². The molecule has 0 aromatic heterocycles. The second-order valence-electron chi connectivity index (χ2n) is 4.44. The number of methoxy groups -OCH3 is 1. The first-order valence-electron chi connectivity index (χ1n) is 6.64. The molecule has 0 aliphatic heterocycles. The normalized spacial score (nSPS) is 10.4. The maximum atomic E-state index is 12.2. The standard InChI is InChI=1S/C15H22BrNO2/c1-19-12-11-17(15(18)9-5-6-10-16)13-14-7-3-2-4-8-14/h2-4,7-8H,5-6,9-13H2,1H3. The van der Waals surface area contributed by atoms with Crippen LogP contribution in [0.25, 0.3) is 0 Å². The number of halogens is 1. The van der Waals surface area contributed by atoms with E-state index in [1.54, 1.807) is 7.11 Å². The number of hydrogen-bond acceptors (Lipinski definition) is 2. The van der Waals surface area contributed by atoms with E-state index in [-0.39, 0.29) is 5.91 Å². The summed E-state index contributed by atoms with van der Waals surface area (Å²) in [5.41, 5.74) is 1.16. The molecule has 0 fully saturated rings. The monoisotopic (exact) mass is 327 g/mol. The average Bonchev–Trinajstić information content (AvgIpc) is 2.44. The zero-order valence-electron chi connectivity index (χ0n) is 11.5. The van der Waals surface area contributed by atoms with Gasteiger partial charge in [-0.25, -0.2) is 0 Å². The van der Waals surface area contributed by atoms with E-state index in [2.05, 4.69) is 15.9 Å². The van der Waals surface area contributed by atoms with Crippen molar-refractivity contribution in [2.75, 3.05) is 25.6 Å². The van der Waals surface area contributed by atoms with Gasteiger partial charge < -0.3 is 9.64 Å². The summed E-state index contributed by atoms with van der Waals surface area (Å²) >= 11 is 3.39. The van der Waals surface area contributed by atoms with E-state index in [0.29, 0.717) is 26.1 Å². The van der Waals surface area contributed by atoms with Gasteiger partial charge in [-0.05, 0) is 18.4 Å². The summed E-state index contributed by atoms with van der Waals surface area (Å²) in [4.78, 5) is 14.1. The van der Waals surface area contributed by atoms with Crippen LogP contribution >= 0.6 is 15.9 Å². The number of ether oxygens (including phenoxy) is 1. The van der Waals surface area contributed by atoms with Crippen LogP contribution in [0, 0.1) is 0 Å². The second-order valence-corrected chi connectivity index (χ2v) is 5.23. The summed E-state index contributed by atoms with van der Waals surface area (Å²) in [5.74, 6) is 0.210. The minimum absolute atomic E-state index is 0.210. The number of carbonyl (C=O) groups is 1. The highest BCUT2D eigenvalue weighted by atomic mass is 79.9. The molecule has 0 N–H and O–H groups in total. The minimum atomic E-state index is 0.210. The molecule has 1 amide bonds. The topological polar surface area (TPSA) is 29.5 Å². The highest BCUT2D eigenvalue weighted by Crippen LogP contribution is 2.08. The second kappa shape index (κ2) is 9.98. The van der Waals surface area contributed by atoms with E-state index in [4.69, 9.17) is 4.74 Å². The quantitative estimate of drug-likeness (QED) is 0.514. The Morgan fingerprint density at radius 1 is 1.26 bits per heavy atom. The van der Waals surface area contributed by atoms with Gasteiger partial charge in [0, 0.05) is 32.0 Å². The van der Waals surface area contributed by atoms with Crippen LogP contribution in [0.15, 0.2) is 30.3 Å². The molecule has 0 heterocycles. The van der Waals surface area contributed by atoms with Crippen LogP contribution in [0.3, 0.4) is 0 Å². The Morgan fingerprint density at radius 2 is 2.00 bits per heavy atom. The van der Waals surface area contributed by atoms with Crippen molar-refractivity contribution in [2.24, 2.45) is 0 Å². The van der Waals surface area contributed by atoms with Crippen LogP contribution in [-0.4, -0.2) is 36.4 Å². The lowest BCUT2D eigenvalue weighted by molar-refractivity contribution is -0.132. The van der Waals surface area contributed by atoms with E-state index in [1.165, 1.54) is 0 Å². The summed E-state index contributed by atoms with van der Waals surface area (Å²) in [7, 11) is 1.66. The molecule has 0 bridgehead atoms. The van der Waals surface area contributed by atoms with Crippen molar-refractivity contribution < 1.29 is 9.53 Å². The SMILES string of the molecule is COCCN(Cc1ccccc1)C(=O)CCCCBr. The molecule has 106 valence electrons. The molecule has 1 rings (SSSR count). The summed E-state index contributed by atoms with van der Waals surface area (Å²) in [6.45, 7) is 1.90. The van der Waals surface area contributed by atoms with Gasteiger partial charge in [0.15, 0.2) is 0 Å². The molecule has 0 saturated heterocycles. The van der Waals surface area contributed by atoms with Gasteiger partial charge in [-0.1, -0.05) is 46.3 Å². The Bertz CT molecular complexity index is 356. The van der Waals surface area contributed by atoms with Gasteiger partial charge in [0.1, 0.15) is 0 Å². The fourth-order valence-corrected chi connectivity index (χ4v) is 2.22. The predicted octanol–water partition coefficient (Wildman–Crippen LogP) is 3.23. The number of hydrogen-bond donors (Lipinski definition) is 0. The molecule has 0 spiro atoms. The summed E-state index contributed by atoms with van der Waals surface area (Å²) in [6.07, 6.45) is 2.58. The largest absolute Gasteiger partial charge is 0.383 e. The fourth-order valence-electron chi connectivity index (χ4n) is 1.83. The van der Waals surface area contributed by atoms with Crippen LogP contribution in [-0.2, 0) is 16.1 Å². The van der Waals surface area contributed by atoms with E-state index >= 15 is 0 Å². The number of carbonyl (C=O) groups excluding carboxylic acids is 1. The summed E-state index contributed by atoms with van der Waals surface area (Å²) in [6, 6.07) is 10.1. The van der Waals surface area contributed by atoms with E-state index in [1.807, 2.05) is 35.2 Å². The zero-order valence-corrected chi connectivity index (χ0v) is 13.1. The van der Waals surface area contributed by atoms with Crippen molar-refractivity contribution in [1.29, 1.82) is 0 Å². The molecule has 19 heavy (non-hydrogen) atoms. The number of benzene rings is 1. The highest BCUT2D eigenvalue weighted by Gasteiger charge is 2.13. The Labute approximate surface area is 124 Å². The Balaban J connectivity index is 2.53. The first kappa shape index (κ1) is 16.2. The molecular formula is C15H22BrNO2. The first-order valence-corrected chi connectivity index (χ1v) is 7.76. The lowest BCUT2D eigenvalue weighted by Gasteiger charge is -2.22. The van der Waals surface area contributed by atoms with Crippen molar-refractivity contribution >= 4 is 21.8 Å². The van der Waals surface area contributed by atoms with Crippen molar-refractivity contribution in [3.8, 4) is 0 Å². The lowest BCUT2D eigenvalue weighted by Crippen LogP contribution is -2.33. The molecule has 3 nitrogen and oxygen atoms in total. The van der Waals surface area contributed by atoms with Crippen LogP contribution in [0.2, 0.25) is 0 Å². The number of unbranched alkanes of at least 4 members (excludes halogenated alkanes) is 1. The molecule has 0 atom stereocenters. The van der Waals surface area contributed by atoms with Gasteiger partial charge in [-0.15, -0.1) is 0 Å². The number of nitrogens with zero attached hydrogens (tertiary/aromatic N) is 1. The summed E-state index contributed by atoms with van der Waals surface area (Å²) < 4.78 is 5.08. The first-order chi connectivity index (χ1) is 9.27. The molecule has 0 saturated carbocycles. The minimum Gasteiger partial charge on any atom is -0.383 e. The van der Waals surface area contributed by atoms with E-state index in [0.717, 1.165) is 23.7 Å². The maximum absolute atomic E-state index is 12.2. The molecular weight excluding hydrogens is 306 g/mol. The van der Waals surface area contributed by atoms with Crippen LogP contribution in [0.4, 0.5) is 0 Å². The third-order valence-corrected chi connectivity index (χ3v) is 3.47. The highest BCUT2D eigenvalue weighted by molar-refractivity contribution is 9.09. The molecule has 1 aromatic carbocycles. The molecule has 4 heteroatoms. The van der Waals surface area contributed by atoms with Crippen LogP contribution in [0.1, 0.15) is 24.8 Å². The smallest absolute Gasteiger partial charge is 0.222 e. The van der Waals surface area contributed by atoms with Crippen LogP contribution in [0.5, 0.6) is 0 Å². The molecule has 0 radical (unpaired) electrons. The van der Waals surface area contributed by atoms with Gasteiger partial charge in [-0.2, -0.15) is 0 Å². The molecule has 0 aliphatic carbocycles. The molecule has 1 aromatic rings. The van der Waals surface area contributed by atoms with Crippen molar-refractivity contribution in [3.63, 3.8) is 0 Å². The molecule has 0 unspecified atom stereocenters. The number of rotatable bonds is 9. The van der Waals surface area contributed by atoms with Crippen molar-refractivity contribution in [2.45, 2.75) is 25.8 Å². The fraction of sp³-hybridized carbons (Fsp3) is 0.533. The Kier molecular flexibility index (Phi) is 8.50. The maximum Gasteiger partial charge on any atom is 0.222 e.